The highest BCUT2D eigenvalue weighted by Crippen LogP contribution is 2.25. The zero-order chi connectivity index (χ0) is 17.5. The smallest absolute Gasteiger partial charge is 0.226 e. The van der Waals surface area contributed by atoms with Crippen molar-refractivity contribution in [1.82, 2.24) is 10.2 Å². The summed E-state index contributed by atoms with van der Waals surface area (Å²) in [6.45, 7) is 6.56. The second-order valence-corrected chi connectivity index (χ2v) is 7.43. The number of halogens is 1. The Morgan fingerprint density at radius 3 is 2.54 bits per heavy atom. The second kappa shape index (κ2) is 10.8. The largest absolute Gasteiger partial charge is 0.494 e. The minimum absolute atomic E-state index is 0. The molecule has 26 heavy (non-hydrogen) atoms. The van der Waals surface area contributed by atoms with Crippen LogP contribution in [0.15, 0.2) is 24.3 Å². The van der Waals surface area contributed by atoms with Crippen LogP contribution in [-0.2, 0) is 11.2 Å². The summed E-state index contributed by atoms with van der Waals surface area (Å²) in [5, 5.41) is 3.36. The van der Waals surface area contributed by atoms with Gasteiger partial charge in [-0.25, -0.2) is 0 Å². The van der Waals surface area contributed by atoms with E-state index in [-0.39, 0.29) is 18.3 Å². The fourth-order valence-electron chi connectivity index (χ4n) is 4.05. The van der Waals surface area contributed by atoms with E-state index in [1.54, 1.807) is 0 Å². The molecule has 1 amide bonds. The lowest BCUT2D eigenvalue weighted by molar-refractivity contribution is -0.137. The molecule has 0 aromatic heterocycles. The van der Waals surface area contributed by atoms with Crippen molar-refractivity contribution in [1.29, 1.82) is 0 Å². The van der Waals surface area contributed by atoms with E-state index >= 15 is 0 Å². The molecule has 3 rings (SSSR count). The molecule has 0 aliphatic carbocycles. The number of hydrogen-bond acceptors (Lipinski definition) is 3. The second-order valence-electron chi connectivity index (χ2n) is 7.43. The summed E-state index contributed by atoms with van der Waals surface area (Å²) >= 11 is 0. The molecular formula is C21H33ClN2O2. The van der Waals surface area contributed by atoms with Gasteiger partial charge in [0.15, 0.2) is 0 Å². The molecule has 2 aliphatic heterocycles. The van der Waals surface area contributed by atoms with E-state index in [0.29, 0.717) is 12.5 Å². The summed E-state index contributed by atoms with van der Waals surface area (Å²) < 4.78 is 5.50. The quantitative estimate of drug-likeness (QED) is 0.818. The van der Waals surface area contributed by atoms with Crippen LogP contribution < -0.4 is 10.1 Å². The summed E-state index contributed by atoms with van der Waals surface area (Å²) in [6.07, 6.45) is 6.85. The van der Waals surface area contributed by atoms with Gasteiger partial charge in [-0.3, -0.25) is 4.79 Å². The molecule has 1 aromatic rings. The molecule has 1 unspecified atom stereocenters. The van der Waals surface area contributed by atoms with E-state index in [1.807, 2.05) is 6.92 Å². The van der Waals surface area contributed by atoms with E-state index < -0.39 is 0 Å². The summed E-state index contributed by atoms with van der Waals surface area (Å²) in [7, 11) is 0. The van der Waals surface area contributed by atoms with Gasteiger partial charge in [0.25, 0.3) is 0 Å². The van der Waals surface area contributed by atoms with Crippen LogP contribution >= 0.6 is 12.4 Å². The minimum Gasteiger partial charge on any atom is -0.494 e. The minimum atomic E-state index is 0. The van der Waals surface area contributed by atoms with Crippen LogP contribution in [0.25, 0.3) is 0 Å². The Labute approximate surface area is 164 Å². The summed E-state index contributed by atoms with van der Waals surface area (Å²) in [5.74, 6) is 2.31. The highest BCUT2D eigenvalue weighted by Gasteiger charge is 2.28. The van der Waals surface area contributed by atoms with E-state index in [2.05, 4.69) is 34.5 Å². The van der Waals surface area contributed by atoms with Crippen LogP contribution in [0, 0.1) is 11.8 Å². The molecule has 2 aliphatic rings. The monoisotopic (exact) mass is 380 g/mol. The Kier molecular flexibility index (Phi) is 8.73. The van der Waals surface area contributed by atoms with Gasteiger partial charge in [-0.15, -0.1) is 12.4 Å². The molecule has 2 fully saturated rings. The maximum Gasteiger partial charge on any atom is 0.226 e. The Balaban J connectivity index is 0.00000243. The Morgan fingerprint density at radius 2 is 1.92 bits per heavy atom. The molecule has 0 bridgehead atoms. The van der Waals surface area contributed by atoms with Gasteiger partial charge in [0.05, 0.1) is 12.5 Å². The van der Waals surface area contributed by atoms with Crippen molar-refractivity contribution in [3.8, 4) is 5.75 Å². The normalized spacial score (nSPS) is 21.1. The van der Waals surface area contributed by atoms with Gasteiger partial charge in [0.2, 0.25) is 5.91 Å². The molecular weight excluding hydrogens is 348 g/mol. The number of nitrogens with one attached hydrogen (secondary N) is 1. The fourth-order valence-corrected chi connectivity index (χ4v) is 4.05. The highest BCUT2D eigenvalue weighted by molar-refractivity contribution is 5.85. The molecule has 5 heteroatoms. The van der Waals surface area contributed by atoms with Crippen molar-refractivity contribution in [2.75, 3.05) is 32.8 Å². The van der Waals surface area contributed by atoms with Crippen LogP contribution in [0.2, 0.25) is 0 Å². The van der Waals surface area contributed by atoms with Crippen molar-refractivity contribution in [2.45, 2.75) is 45.4 Å². The lowest BCUT2D eigenvalue weighted by Crippen LogP contribution is -2.46. The lowest BCUT2D eigenvalue weighted by atomic mass is 9.89. The first-order valence-electron chi connectivity index (χ1n) is 9.97. The Hall–Kier alpha value is -1.26. The van der Waals surface area contributed by atoms with Crippen molar-refractivity contribution in [3.05, 3.63) is 29.8 Å². The number of nitrogens with zero attached hydrogens (tertiary/aromatic N) is 1. The van der Waals surface area contributed by atoms with Gasteiger partial charge in [-0.2, -0.15) is 0 Å². The Morgan fingerprint density at radius 1 is 1.19 bits per heavy atom. The summed E-state index contributed by atoms with van der Waals surface area (Å²) in [5.41, 5.74) is 1.38. The van der Waals surface area contributed by atoms with Crippen molar-refractivity contribution in [2.24, 2.45) is 11.8 Å². The van der Waals surface area contributed by atoms with Crippen molar-refractivity contribution < 1.29 is 9.53 Å². The topological polar surface area (TPSA) is 41.6 Å². The molecule has 1 N–H and O–H groups in total. The maximum absolute atomic E-state index is 12.6. The molecule has 146 valence electrons. The third-order valence-electron chi connectivity index (χ3n) is 5.65. The maximum atomic E-state index is 12.6. The number of amides is 1. The molecule has 0 radical (unpaired) electrons. The lowest BCUT2D eigenvalue weighted by Gasteiger charge is -2.35. The highest BCUT2D eigenvalue weighted by atomic mass is 35.5. The number of rotatable bonds is 6. The van der Waals surface area contributed by atoms with Gasteiger partial charge in [-0.05, 0) is 75.6 Å². The SMILES string of the molecule is CCOc1ccc(CCC2CCN(C(=O)C3CCCNC3)CC2)cc1.Cl. The number of carbonyl (C=O) groups is 1. The van der Waals surface area contributed by atoms with Crippen molar-refractivity contribution in [3.63, 3.8) is 0 Å². The molecule has 2 saturated heterocycles. The summed E-state index contributed by atoms with van der Waals surface area (Å²) in [4.78, 5) is 14.7. The number of aryl methyl sites for hydroxylation is 1. The van der Waals surface area contributed by atoms with Gasteiger partial charge in [0.1, 0.15) is 5.75 Å². The average molecular weight is 381 g/mol. The molecule has 4 nitrogen and oxygen atoms in total. The number of piperidine rings is 2. The number of ether oxygens (including phenoxy) is 1. The first-order valence-corrected chi connectivity index (χ1v) is 9.97. The number of hydrogen-bond donors (Lipinski definition) is 1. The van der Waals surface area contributed by atoms with Crippen LogP contribution in [0.5, 0.6) is 5.75 Å². The van der Waals surface area contributed by atoms with Gasteiger partial charge >= 0.3 is 0 Å². The van der Waals surface area contributed by atoms with Crippen LogP contribution in [0.3, 0.4) is 0 Å². The molecule has 0 spiro atoms. The van der Waals surface area contributed by atoms with Crippen LogP contribution in [0.4, 0.5) is 0 Å². The third kappa shape index (κ3) is 5.88. The van der Waals surface area contributed by atoms with Crippen molar-refractivity contribution >= 4 is 18.3 Å². The van der Waals surface area contributed by atoms with Gasteiger partial charge in [-0.1, -0.05) is 12.1 Å². The fraction of sp³-hybridized carbons (Fsp3) is 0.667. The van der Waals surface area contributed by atoms with E-state index in [1.165, 1.54) is 12.0 Å². The first kappa shape index (κ1) is 21.0. The number of benzene rings is 1. The van der Waals surface area contributed by atoms with Crippen LogP contribution in [0.1, 0.15) is 44.6 Å². The van der Waals surface area contributed by atoms with E-state index in [9.17, 15) is 4.79 Å². The molecule has 0 saturated carbocycles. The van der Waals surface area contributed by atoms with Gasteiger partial charge in [0, 0.05) is 19.6 Å². The predicted octanol–water partition coefficient (Wildman–Crippen LogP) is 3.68. The predicted molar refractivity (Wildman–Crippen MR) is 108 cm³/mol. The van der Waals surface area contributed by atoms with E-state index in [0.717, 1.165) is 70.0 Å². The zero-order valence-electron chi connectivity index (χ0n) is 15.9. The first-order chi connectivity index (χ1) is 12.3. The molecule has 1 atom stereocenters. The standard InChI is InChI=1S/C21H32N2O2.ClH/c1-2-25-20-9-7-17(8-10-20)5-6-18-11-14-23(15-12-18)21(24)19-4-3-13-22-16-19;/h7-10,18-19,22H,2-6,11-16H2,1H3;1H. The molecule has 2 heterocycles. The number of likely N-dealkylation sites (tertiary alicyclic amines) is 1. The third-order valence-corrected chi connectivity index (χ3v) is 5.65. The number of carbonyl (C=O) groups excluding carboxylic acids is 1. The van der Waals surface area contributed by atoms with Gasteiger partial charge < -0.3 is 15.0 Å². The average Bonchev–Trinajstić information content (AvgIpc) is 2.68. The van der Waals surface area contributed by atoms with E-state index in [4.69, 9.17) is 4.74 Å². The zero-order valence-corrected chi connectivity index (χ0v) is 16.7. The summed E-state index contributed by atoms with van der Waals surface area (Å²) in [6, 6.07) is 8.50. The van der Waals surface area contributed by atoms with Crippen LogP contribution in [-0.4, -0.2) is 43.6 Å². The molecule has 1 aromatic carbocycles. The Bertz CT molecular complexity index is 535.